The van der Waals surface area contributed by atoms with E-state index in [1.807, 2.05) is 30.3 Å². The van der Waals surface area contributed by atoms with Crippen LogP contribution in [0.15, 0.2) is 54.6 Å². The van der Waals surface area contributed by atoms with Gasteiger partial charge < -0.3 is 19.9 Å². The average Bonchev–Trinajstić information content (AvgIpc) is 3.03. The van der Waals surface area contributed by atoms with E-state index >= 15 is 0 Å². The van der Waals surface area contributed by atoms with Crippen LogP contribution >= 0.6 is 0 Å². The molecule has 0 bridgehead atoms. The lowest BCUT2D eigenvalue weighted by atomic mass is 9.96. The predicted octanol–water partition coefficient (Wildman–Crippen LogP) is 2.53. The van der Waals surface area contributed by atoms with Crippen molar-refractivity contribution in [3.8, 4) is 5.75 Å². The summed E-state index contributed by atoms with van der Waals surface area (Å²) in [6.07, 6.45) is 0.671. The Morgan fingerprint density at radius 2 is 1.83 bits per heavy atom. The maximum atomic E-state index is 10.5. The van der Waals surface area contributed by atoms with E-state index in [9.17, 15) is 5.11 Å². The van der Waals surface area contributed by atoms with Crippen LogP contribution in [0.1, 0.15) is 23.6 Å². The van der Waals surface area contributed by atoms with E-state index in [4.69, 9.17) is 9.47 Å². The van der Waals surface area contributed by atoms with E-state index in [1.54, 1.807) is 7.11 Å². The van der Waals surface area contributed by atoms with Gasteiger partial charge in [0.2, 0.25) is 0 Å². The van der Waals surface area contributed by atoms with Crippen LogP contribution in [-0.2, 0) is 4.74 Å². The Morgan fingerprint density at radius 1 is 1.13 bits per heavy atom. The van der Waals surface area contributed by atoms with Crippen molar-refractivity contribution in [1.82, 2.24) is 5.32 Å². The molecule has 1 aliphatic rings. The fourth-order valence-corrected chi connectivity index (χ4v) is 2.90. The minimum absolute atomic E-state index is 0.0201. The maximum absolute atomic E-state index is 10.5. The molecule has 2 aromatic rings. The monoisotopic (exact) mass is 313 g/mol. The second kappa shape index (κ2) is 7.13. The van der Waals surface area contributed by atoms with Crippen molar-refractivity contribution >= 4 is 0 Å². The summed E-state index contributed by atoms with van der Waals surface area (Å²) in [5.74, 6) is 0.836. The van der Waals surface area contributed by atoms with E-state index in [1.165, 1.54) is 5.56 Å². The van der Waals surface area contributed by atoms with Crippen molar-refractivity contribution in [2.24, 2.45) is 0 Å². The zero-order valence-corrected chi connectivity index (χ0v) is 13.4. The Labute approximate surface area is 137 Å². The molecular formula is C19H23NO3. The highest BCUT2D eigenvalue weighted by Crippen LogP contribution is 2.26. The van der Waals surface area contributed by atoms with Crippen molar-refractivity contribution in [2.75, 3.05) is 26.9 Å². The van der Waals surface area contributed by atoms with Crippen LogP contribution in [0.4, 0.5) is 0 Å². The quantitative estimate of drug-likeness (QED) is 0.860. The number of hydrogen-bond donors (Lipinski definition) is 2. The summed E-state index contributed by atoms with van der Waals surface area (Å²) in [6, 6.07) is 18.3. The van der Waals surface area contributed by atoms with Gasteiger partial charge in [0.15, 0.2) is 0 Å². The first-order valence-electron chi connectivity index (χ1n) is 7.93. The zero-order valence-electron chi connectivity index (χ0n) is 13.4. The van der Waals surface area contributed by atoms with Gasteiger partial charge in [-0.05, 0) is 23.3 Å². The molecule has 0 unspecified atom stereocenters. The van der Waals surface area contributed by atoms with Gasteiger partial charge in [-0.2, -0.15) is 0 Å². The molecule has 23 heavy (non-hydrogen) atoms. The standard InChI is InChI=1S/C19H23NO3/c1-22-17-9-7-16(8-10-17)18(15-5-3-2-4-6-15)20-13-19(21)11-12-23-14-19/h2-10,18,20-21H,11-14H2,1H3/t18-,19+/m1/s1. The molecule has 2 N–H and O–H groups in total. The lowest BCUT2D eigenvalue weighted by Crippen LogP contribution is -2.42. The number of ether oxygens (including phenoxy) is 2. The molecule has 0 radical (unpaired) electrons. The Balaban J connectivity index is 1.81. The van der Waals surface area contributed by atoms with Crippen molar-refractivity contribution in [3.05, 3.63) is 65.7 Å². The lowest BCUT2D eigenvalue weighted by Gasteiger charge is -2.26. The van der Waals surface area contributed by atoms with Crippen LogP contribution < -0.4 is 10.1 Å². The zero-order chi connectivity index (χ0) is 16.1. The van der Waals surface area contributed by atoms with Gasteiger partial charge in [-0.25, -0.2) is 0 Å². The first kappa shape index (κ1) is 16.0. The Hall–Kier alpha value is -1.88. The Bertz CT molecular complexity index is 606. The SMILES string of the molecule is COc1ccc([C@H](NC[C@@]2(O)CCOC2)c2ccccc2)cc1. The molecule has 0 spiro atoms. The molecule has 122 valence electrons. The number of hydrogen-bond acceptors (Lipinski definition) is 4. The molecule has 2 atom stereocenters. The van der Waals surface area contributed by atoms with Crippen molar-refractivity contribution in [2.45, 2.75) is 18.1 Å². The van der Waals surface area contributed by atoms with Crippen LogP contribution in [0.2, 0.25) is 0 Å². The first-order valence-corrected chi connectivity index (χ1v) is 7.93. The highest BCUT2D eigenvalue weighted by Gasteiger charge is 2.32. The number of methoxy groups -OCH3 is 1. The van der Waals surface area contributed by atoms with Crippen LogP contribution in [-0.4, -0.2) is 37.6 Å². The second-order valence-electron chi connectivity index (χ2n) is 6.02. The lowest BCUT2D eigenvalue weighted by molar-refractivity contribution is 0.0257. The number of nitrogens with one attached hydrogen (secondary N) is 1. The molecule has 1 fully saturated rings. The van der Waals surface area contributed by atoms with E-state index in [2.05, 4.69) is 29.6 Å². The van der Waals surface area contributed by atoms with Gasteiger partial charge in [-0.1, -0.05) is 42.5 Å². The summed E-state index contributed by atoms with van der Waals surface area (Å²) >= 11 is 0. The van der Waals surface area contributed by atoms with E-state index in [0.29, 0.717) is 26.2 Å². The molecule has 1 saturated heterocycles. The molecule has 1 heterocycles. The van der Waals surface area contributed by atoms with Gasteiger partial charge >= 0.3 is 0 Å². The molecule has 4 nitrogen and oxygen atoms in total. The van der Waals surface area contributed by atoms with E-state index in [0.717, 1.165) is 11.3 Å². The smallest absolute Gasteiger partial charge is 0.118 e. The largest absolute Gasteiger partial charge is 0.497 e. The van der Waals surface area contributed by atoms with Gasteiger partial charge in [0.05, 0.1) is 19.8 Å². The number of rotatable bonds is 6. The molecule has 0 saturated carbocycles. The minimum atomic E-state index is -0.778. The first-order chi connectivity index (χ1) is 11.2. The fraction of sp³-hybridized carbons (Fsp3) is 0.368. The molecule has 4 heteroatoms. The van der Waals surface area contributed by atoms with Crippen molar-refractivity contribution in [3.63, 3.8) is 0 Å². The van der Waals surface area contributed by atoms with Gasteiger partial charge in [0.1, 0.15) is 11.4 Å². The van der Waals surface area contributed by atoms with E-state index < -0.39 is 5.60 Å². The fourth-order valence-electron chi connectivity index (χ4n) is 2.90. The van der Waals surface area contributed by atoms with Gasteiger partial charge in [0.25, 0.3) is 0 Å². The molecule has 3 rings (SSSR count). The minimum Gasteiger partial charge on any atom is -0.497 e. The number of benzene rings is 2. The summed E-state index contributed by atoms with van der Waals surface area (Å²) in [5.41, 5.74) is 1.53. The third kappa shape index (κ3) is 3.91. The molecule has 2 aromatic carbocycles. The normalized spacial score (nSPS) is 22.0. The summed E-state index contributed by atoms with van der Waals surface area (Å²) < 4.78 is 10.6. The molecule has 0 aromatic heterocycles. The summed E-state index contributed by atoms with van der Waals surface area (Å²) in [6.45, 7) is 1.51. The van der Waals surface area contributed by atoms with Crippen LogP contribution in [0.5, 0.6) is 5.75 Å². The van der Waals surface area contributed by atoms with Gasteiger partial charge in [-0.3, -0.25) is 0 Å². The third-order valence-electron chi connectivity index (χ3n) is 4.30. The third-order valence-corrected chi connectivity index (χ3v) is 4.30. The van der Waals surface area contributed by atoms with Crippen LogP contribution in [0.3, 0.4) is 0 Å². The van der Waals surface area contributed by atoms with Crippen molar-refractivity contribution < 1.29 is 14.6 Å². The average molecular weight is 313 g/mol. The Morgan fingerprint density at radius 3 is 2.43 bits per heavy atom. The summed E-state index contributed by atoms with van der Waals surface area (Å²) in [7, 11) is 1.66. The van der Waals surface area contributed by atoms with Crippen LogP contribution in [0.25, 0.3) is 0 Å². The Kier molecular flexibility index (Phi) is 4.96. The molecular weight excluding hydrogens is 290 g/mol. The molecule has 1 aliphatic heterocycles. The topological polar surface area (TPSA) is 50.7 Å². The molecule has 0 amide bonds. The number of aliphatic hydroxyl groups is 1. The van der Waals surface area contributed by atoms with Gasteiger partial charge in [0, 0.05) is 19.6 Å². The molecule has 0 aliphatic carbocycles. The predicted molar refractivity (Wildman–Crippen MR) is 89.7 cm³/mol. The van der Waals surface area contributed by atoms with E-state index in [-0.39, 0.29) is 6.04 Å². The maximum Gasteiger partial charge on any atom is 0.118 e. The van der Waals surface area contributed by atoms with Gasteiger partial charge in [-0.15, -0.1) is 0 Å². The summed E-state index contributed by atoms with van der Waals surface area (Å²) in [4.78, 5) is 0. The second-order valence-corrected chi connectivity index (χ2v) is 6.02. The van der Waals surface area contributed by atoms with Crippen molar-refractivity contribution in [1.29, 1.82) is 0 Å². The highest BCUT2D eigenvalue weighted by molar-refractivity contribution is 5.35. The van der Waals surface area contributed by atoms with Crippen LogP contribution in [0, 0.1) is 0 Å². The highest BCUT2D eigenvalue weighted by atomic mass is 16.5. The summed E-state index contributed by atoms with van der Waals surface area (Å²) in [5, 5.41) is 14.0.